The standard InChI is InChI=1S/C29H34N4O4S/c1-3-19-16-33(29-30-14-24(15-31-29)20-5-6-20)17-23-13-22(9-12-26(19)23)28(35)32-27(18-34)21-7-10-25(11-8-21)38(36,37)4-2/h7-15,19-20,27,34H,3-6,16-18H2,1-2H3,(H,32,35)/t19?,27-/m0/s1. The Labute approximate surface area is 224 Å². The molecule has 200 valence electrons. The Hall–Kier alpha value is -3.30. The summed E-state index contributed by atoms with van der Waals surface area (Å²) in [5, 5.41) is 12.9. The minimum absolute atomic E-state index is 0.0130. The maximum absolute atomic E-state index is 13.2. The molecule has 9 heteroatoms. The molecule has 1 aliphatic carbocycles. The lowest BCUT2D eigenvalue weighted by Crippen LogP contribution is -2.35. The largest absolute Gasteiger partial charge is 0.394 e. The molecule has 1 amide bonds. The third kappa shape index (κ3) is 5.44. The summed E-state index contributed by atoms with van der Waals surface area (Å²) in [7, 11) is -3.32. The van der Waals surface area contributed by atoms with E-state index < -0.39 is 15.9 Å². The Morgan fingerprint density at radius 2 is 1.82 bits per heavy atom. The smallest absolute Gasteiger partial charge is 0.251 e. The number of aliphatic hydroxyl groups excluding tert-OH is 1. The molecule has 0 spiro atoms. The number of nitrogens with zero attached hydrogens (tertiary/aromatic N) is 3. The molecule has 0 bridgehead atoms. The van der Waals surface area contributed by atoms with Gasteiger partial charge in [-0.05, 0) is 71.7 Å². The fourth-order valence-corrected chi connectivity index (χ4v) is 5.97. The maximum Gasteiger partial charge on any atom is 0.251 e. The number of rotatable bonds is 9. The lowest BCUT2D eigenvalue weighted by Gasteiger charge is -2.34. The quantitative estimate of drug-likeness (QED) is 0.425. The van der Waals surface area contributed by atoms with Gasteiger partial charge in [0.1, 0.15) is 0 Å². The summed E-state index contributed by atoms with van der Waals surface area (Å²) in [6, 6.07) is 11.4. The van der Waals surface area contributed by atoms with Gasteiger partial charge >= 0.3 is 0 Å². The number of aromatic nitrogens is 2. The molecule has 3 aromatic rings. The zero-order valence-electron chi connectivity index (χ0n) is 21.8. The highest BCUT2D eigenvalue weighted by molar-refractivity contribution is 7.91. The van der Waals surface area contributed by atoms with Crippen LogP contribution < -0.4 is 10.2 Å². The fourth-order valence-electron chi connectivity index (χ4n) is 5.09. The highest BCUT2D eigenvalue weighted by Crippen LogP contribution is 2.40. The summed E-state index contributed by atoms with van der Waals surface area (Å²) in [4.78, 5) is 24.9. The highest BCUT2D eigenvalue weighted by atomic mass is 32.2. The molecule has 2 atom stereocenters. The van der Waals surface area contributed by atoms with Crippen LogP contribution in [0.3, 0.4) is 0 Å². The summed E-state index contributed by atoms with van der Waals surface area (Å²) in [6.07, 6.45) is 7.28. The molecule has 2 aliphatic rings. The molecule has 2 N–H and O–H groups in total. The number of sulfone groups is 1. The Kier molecular flexibility index (Phi) is 7.49. The van der Waals surface area contributed by atoms with Crippen molar-refractivity contribution >= 4 is 21.7 Å². The van der Waals surface area contributed by atoms with E-state index in [0.717, 1.165) is 18.5 Å². The van der Waals surface area contributed by atoms with Gasteiger partial charge in [-0.3, -0.25) is 4.79 Å². The van der Waals surface area contributed by atoms with Crippen molar-refractivity contribution in [3.63, 3.8) is 0 Å². The van der Waals surface area contributed by atoms with Gasteiger partial charge < -0.3 is 15.3 Å². The lowest BCUT2D eigenvalue weighted by atomic mass is 9.87. The van der Waals surface area contributed by atoms with Gasteiger partial charge in [-0.2, -0.15) is 0 Å². The molecule has 1 fully saturated rings. The molecule has 1 aromatic heterocycles. The van der Waals surface area contributed by atoms with Crippen molar-refractivity contribution in [3.8, 4) is 0 Å². The number of anilines is 1. The fraction of sp³-hybridized carbons (Fsp3) is 0.414. The van der Waals surface area contributed by atoms with Gasteiger partial charge in [0.15, 0.2) is 9.84 Å². The average molecular weight is 535 g/mol. The number of carbonyl (C=O) groups excluding carboxylic acids is 1. The van der Waals surface area contributed by atoms with Crippen LogP contribution in [0.2, 0.25) is 0 Å². The van der Waals surface area contributed by atoms with E-state index in [-0.39, 0.29) is 23.2 Å². The van der Waals surface area contributed by atoms with Crippen molar-refractivity contribution < 1.29 is 18.3 Å². The predicted molar refractivity (Wildman–Crippen MR) is 146 cm³/mol. The van der Waals surface area contributed by atoms with E-state index in [2.05, 4.69) is 27.1 Å². The van der Waals surface area contributed by atoms with E-state index in [1.165, 1.54) is 36.1 Å². The molecule has 0 saturated heterocycles. The van der Waals surface area contributed by atoms with Crippen molar-refractivity contribution in [2.75, 3.05) is 23.8 Å². The summed E-state index contributed by atoms with van der Waals surface area (Å²) < 4.78 is 24.2. The van der Waals surface area contributed by atoms with Crippen LogP contribution in [0.5, 0.6) is 0 Å². The molecule has 1 saturated carbocycles. The van der Waals surface area contributed by atoms with E-state index in [1.807, 2.05) is 30.6 Å². The second kappa shape index (κ2) is 10.8. The van der Waals surface area contributed by atoms with Gasteiger partial charge in [-0.25, -0.2) is 18.4 Å². The van der Waals surface area contributed by atoms with Crippen LogP contribution in [0.25, 0.3) is 0 Å². The molecule has 1 unspecified atom stereocenters. The van der Waals surface area contributed by atoms with Crippen molar-refractivity contribution in [2.45, 2.75) is 62.4 Å². The SMILES string of the molecule is CCC1CN(c2ncc(C3CC3)cn2)Cc2cc(C(=O)N[C@@H](CO)c3ccc(S(=O)(=O)CC)cc3)ccc21. The predicted octanol–water partition coefficient (Wildman–Crippen LogP) is 4.12. The van der Waals surface area contributed by atoms with E-state index >= 15 is 0 Å². The van der Waals surface area contributed by atoms with Crippen LogP contribution in [0.4, 0.5) is 5.95 Å². The first-order chi connectivity index (χ1) is 18.3. The van der Waals surface area contributed by atoms with Crippen molar-refractivity contribution in [1.29, 1.82) is 0 Å². The van der Waals surface area contributed by atoms with Gasteiger partial charge in [-0.15, -0.1) is 0 Å². The minimum atomic E-state index is -3.32. The first-order valence-corrected chi connectivity index (χ1v) is 14.9. The molecule has 5 rings (SSSR count). The van der Waals surface area contributed by atoms with E-state index in [0.29, 0.717) is 35.5 Å². The molecular weight excluding hydrogens is 500 g/mol. The maximum atomic E-state index is 13.2. The molecule has 2 heterocycles. The van der Waals surface area contributed by atoms with Crippen LogP contribution in [0.15, 0.2) is 59.8 Å². The zero-order chi connectivity index (χ0) is 26.9. The topological polar surface area (TPSA) is 112 Å². The average Bonchev–Trinajstić information content (AvgIpc) is 3.81. The van der Waals surface area contributed by atoms with Gasteiger partial charge in [-0.1, -0.05) is 32.0 Å². The summed E-state index contributed by atoms with van der Waals surface area (Å²) in [6.45, 7) is 4.90. The monoisotopic (exact) mass is 534 g/mol. The summed E-state index contributed by atoms with van der Waals surface area (Å²) in [5.74, 6) is 1.35. The van der Waals surface area contributed by atoms with Crippen LogP contribution in [0.1, 0.15) is 83.6 Å². The van der Waals surface area contributed by atoms with Gasteiger partial charge in [0, 0.05) is 37.0 Å². The Balaban J connectivity index is 1.33. The van der Waals surface area contributed by atoms with Crippen molar-refractivity contribution in [3.05, 3.63) is 82.7 Å². The van der Waals surface area contributed by atoms with E-state index in [4.69, 9.17) is 0 Å². The van der Waals surface area contributed by atoms with Crippen LogP contribution in [-0.4, -0.2) is 48.3 Å². The second-order valence-corrected chi connectivity index (χ2v) is 12.4. The number of carbonyl (C=O) groups is 1. The molecule has 1 aliphatic heterocycles. The first kappa shape index (κ1) is 26.3. The second-order valence-electron chi connectivity index (χ2n) is 10.2. The van der Waals surface area contributed by atoms with Crippen molar-refractivity contribution in [1.82, 2.24) is 15.3 Å². The third-order valence-corrected chi connectivity index (χ3v) is 9.39. The molecule has 0 radical (unpaired) electrons. The third-order valence-electron chi connectivity index (χ3n) is 7.64. The Morgan fingerprint density at radius 3 is 2.42 bits per heavy atom. The number of hydrogen-bond donors (Lipinski definition) is 2. The van der Waals surface area contributed by atoms with Gasteiger partial charge in [0.25, 0.3) is 5.91 Å². The molecule has 38 heavy (non-hydrogen) atoms. The minimum Gasteiger partial charge on any atom is -0.394 e. The van der Waals surface area contributed by atoms with Gasteiger partial charge in [0.05, 0.1) is 23.3 Å². The van der Waals surface area contributed by atoms with Gasteiger partial charge in [0.2, 0.25) is 5.95 Å². The molecular formula is C29H34N4O4S. The number of amides is 1. The zero-order valence-corrected chi connectivity index (χ0v) is 22.6. The van der Waals surface area contributed by atoms with Crippen LogP contribution >= 0.6 is 0 Å². The number of nitrogens with one attached hydrogen (secondary N) is 1. The Bertz CT molecular complexity index is 1400. The number of fused-ring (bicyclic) bond motifs is 1. The molecule has 2 aromatic carbocycles. The summed E-state index contributed by atoms with van der Waals surface area (Å²) >= 11 is 0. The number of aliphatic hydroxyl groups is 1. The lowest BCUT2D eigenvalue weighted by molar-refractivity contribution is 0.0916. The molecule has 8 nitrogen and oxygen atoms in total. The number of benzene rings is 2. The van der Waals surface area contributed by atoms with Crippen molar-refractivity contribution in [2.24, 2.45) is 0 Å². The first-order valence-electron chi connectivity index (χ1n) is 13.3. The number of hydrogen-bond acceptors (Lipinski definition) is 7. The normalized spacial score (nSPS) is 18.1. The van der Waals surface area contributed by atoms with Crippen LogP contribution in [-0.2, 0) is 16.4 Å². The Morgan fingerprint density at radius 1 is 1.11 bits per heavy atom. The highest BCUT2D eigenvalue weighted by Gasteiger charge is 2.28. The van der Waals surface area contributed by atoms with E-state index in [1.54, 1.807) is 19.1 Å². The summed E-state index contributed by atoms with van der Waals surface area (Å²) in [5.41, 5.74) is 4.66. The van der Waals surface area contributed by atoms with Crippen LogP contribution in [0, 0.1) is 0 Å². The van der Waals surface area contributed by atoms with E-state index in [9.17, 15) is 18.3 Å².